The molecule has 3 unspecified atom stereocenters. The summed E-state index contributed by atoms with van der Waals surface area (Å²) in [6, 6.07) is 4.34. The number of carboxylic acid groups (broad SMARTS) is 1. The number of carbonyl (C=O) groups is 4. The Kier molecular flexibility index (Phi) is 12.4. The van der Waals surface area contributed by atoms with Gasteiger partial charge >= 0.3 is 5.97 Å². The number of nitrogens with one attached hydrogen (secondary N) is 4. The van der Waals surface area contributed by atoms with Crippen LogP contribution in [0.4, 0.5) is 0 Å². The summed E-state index contributed by atoms with van der Waals surface area (Å²) in [5.41, 5.74) is 18.0. The molecule has 38 heavy (non-hydrogen) atoms. The molecule has 3 amide bonds. The molecule has 0 aliphatic heterocycles. The number of aromatic nitrogens is 1. The molecule has 1 aromatic carbocycles. The van der Waals surface area contributed by atoms with E-state index in [9.17, 15) is 24.3 Å². The zero-order chi connectivity index (χ0) is 28.1. The summed E-state index contributed by atoms with van der Waals surface area (Å²) >= 11 is 1.55. The van der Waals surface area contributed by atoms with E-state index in [1.165, 1.54) is 0 Å². The van der Waals surface area contributed by atoms with Crippen LogP contribution in [0, 0.1) is 0 Å². The Hall–Kier alpha value is -3.78. The Morgan fingerprint density at radius 1 is 1.08 bits per heavy atom. The van der Waals surface area contributed by atoms with Crippen molar-refractivity contribution in [2.45, 2.75) is 43.8 Å². The first kappa shape index (κ1) is 30.4. The predicted octanol–water partition coefficient (Wildman–Crippen LogP) is -0.985. The van der Waals surface area contributed by atoms with Gasteiger partial charge in [-0.25, -0.2) is 4.79 Å². The van der Waals surface area contributed by atoms with Crippen molar-refractivity contribution in [1.82, 2.24) is 20.9 Å². The number of rotatable bonds is 16. The molecule has 0 spiro atoms. The summed E-state index contributed by atoms with van der Waals surface area (Å²) in [6.45, 7) is -0.179. The van der Waals surface area contributed by atoms with Crippen molar-refractivity contribution in [3.8, 4) is 0 Å². The smallest absolute Gasteiger partial charge is 0.326 e. The third kappa shape index (κ3) is 9.94. The SMILES string of the molecule is CSCCC(N)C(=O)NCC(=O)NC(CCCN=C(N)N)C(=O)NC(Cc1c[nH]c2ccccc12)C(=O)O. The van der Waals surface area contributed by atoms with Crippen molar-refractivity contribution in [2.75, 3.05) is 25.1 Å². The van der Waals surface area contributed by atoms with E-state index in [2.05, 4.69) is 25.9 Å². The zero-order valence-corrected chi connectivity index (χ0v) is 22.1. The number of nitrogens with two attached hydrogens (primary N) is 3. The second-order valence-corrected chi connectivity index (χ2v) is 9.62. The van der Waals surface area contributed by atoms with E-state index in [4.69, 9.17) is 17.2 Å². The van der Waals surface area contributed by atoms with Gasteiger partial charge in [0, 0.05) is 30.1 Å². The topological polar surface area (TPSA) is 231 Å². The quantitative estimate of drug-likeness (QED) is 0.0730. The Morgan fingerprint density at radius 3 is 2.50 bits per heavy atom. The Balaban J connectivity index is 2.05. The number of carbonyl (C=O) groups excluding carboxylic acids is 3. The highest BCUT2D eigenvalue weighted by Gasteiger charge is 2.27. The molecule has 11 N–H and O–H groups in total. The minimum Gasteiger partial charge on any atom is -0.480 e. The summed E-state index contributed by atoms with van der Waals surface area (Å²) in [7, 11) is 0. The maximum absolute atomic E-state index is 13.1. The second-order valence-electron chi connectivity index (χ2n) is 8.64. The minimum absolute atomic E-state index is 0.0315. The first-order chi connectivity index (χ1) is 18.1. The Bertz CT molecular complexity index is 1130. The molecule has 0 radical (unpaired) electrons. The molecule has 1 aromatic heterocycles. The number of amides is 3. The van der Waals surface area contributed by atoms with Crippen molar-refractivity contribution in [3.05, 3.63) is 36.0 Å². The largest absolute Gasteiger partial charge is 0.480 e. The minimum atomic E-state index is -1.24. The van der Waals surface area contributed by atoms with Crippen LogP contribution in [0.15, 0.2) is 35.5 Å². The second kappa shape index (κ2) is 15.5. The van der Waals surface area contributed by atoms with E-state index in [0.717, 1.165) is 16.5 Å². The monoisotopic (exact) mass is 548 g/mol. The summed E-state index contributed by atoms with van der Waals surface area (Å²) in [4.78, 5) is 56.6. The molecule has 0 aliphatic carbocycles. The molecule has 2 rings (SSSR count). The van der Waals surface area contributed by atoms with Gasteiger partial charge in [-0.05, 0) is 42.9 Å². The fraction of sp³-hybridized carbons (Fsp3) is 0.458. The van der Waals surface area contributed by atoms with Gasteiger partial charge in [-0.15, -0.1) is 0 Å². The van der Waals surface area contributed by atoms with Gasteiger partial charge in [0.1, 0.15) is 12.1 Å². The van der Waals surface area contributed by atoms with E-state index < -0.39 is 41.8 Å². The van der Waals surface area contributed by atoms with E-state index >= 15 is 0 Å². The Labute approximate surface area is 224 Å². The number of hydrogen-bond donors (Lipinski definition) is 8. The number of aromatic amines is 1. The first-order valence-electron chi connectivity index (χ1n) is 12.1. The van der Waals surface area contributed by atoms with Crippen molar-refractivity contribution in [1.29, 1.82) is 0 Å². The van der Waals surface area contributed by atoms with Crippen molar-refractivity contribution in [2.24, 2.45) is 22.2 Å². The van der Waals surface area contributed by atoms with Crippen LogP contribution in [0.3, 0.4) is 0 Å². The molecular formula is C24H36N8O5S. The molecule has 13 nitrogen and oxygen atoms in total. The molecule has 1 heterocycles. The van der Waals surface area contributed by atoms with Crippen LogP contribution in [0.5, 0.6) is 0 Å². The molecule has 0 aliphatic rings. The molecule has 0 saturated carbocycles. The molecule has 14 heteroatoms. The van der Waals surface area contributed by atoms with Crippen LogP contribution < -0.4 is 33.2 Å². The van der Waals surface area contributed by atoms with Gasteiger partial charge in [-0.3, -0.25) is 19.4 Å². The maximum Gasteiger partial charge on any atom is 0.326 e. The van der Waals surface area contributed by atoms with Gasteiger partial charge in [-0.2, -0.15) is 11.8 Å². The van der Waals surface area contributed by atoms with E-state index in [0.29, 0.717) is 18.6 Å². The number of aliphatic imine (C=N–C) groups is 1. The summed E-state index contributed by atoms with van der Waals surface area (Å²) < 4.78 is 0. The van der Waals surface area contributed by atoms with Gasteiger partial charge in [0.05, 0.1) is 12.6 Å². The van der Waals surface area contributed by atoms with Crippen molar-refractivity contribution < 1.29 is 24.3 Å². The van der Waals surface area contributed by atoms with Crippen LogP contribution in [0.2, 0.25) is 0 Å². The van der Waals surface area contributed by atoms with E-state index in [1.807, 2.05) is 30.5 Å². The number of para-hydroxylation sites is 1. The number of hydrogen-bond acceptors (Lipinski definition) is 7. The lowest BCUT2D eigenvalue weighted by Crippen LogP contribution is -2.54. The standard InChI is InChI=1S/C24H36N8O5S/c1-38-10-8-16(25)21(34)30-13-20(33)31-18(7-4-9-28-24(26)27)22(35)32-19(23(36)37)11-14-12-29-17-6-3-2-5-15(14)17/h2-3,5-6,12,16,18-19,29H,4,7-11,13,25H2,1H3,(H,30,34)(H,31,33)(H,32,35)(H,36,37)(H4,26,27,28). The number of guanidine groups is 1. The zero-order valence-electron chi connectivity index (χ0n) is 21.2. The number of H-pyrrole nitrogens is 1. The normalized spacial score (nSPS) is 13.2. The highest BCUT2D eigenvalue weighted by atomic mass is 32.2. The number of thioether (sulfide) groups is 1. The lowest BCUT2D eigenvalue weighted by molar-refractivity contribution is -0.142. The van der Waals surface area contributed by atoms with Crippen LogP contribution >= 0.6 is 11.8 Å². The summed E-state index contributed by atoms with van der Waals surface area (Å²) in [5.74, 6) is -2.42. The number of carboxylic acids is 1. The van der Waals surface area contributed by atoms with Crippen molar-refractivity contribution in [3.63, 3.8) is 0 Å². The highest BCUT2D eigenvalue weighted by Crippen LogP contribution is 2.19. The molecule has 208 valence electrons. The van der Waals surface area contributed by atoms with Crippen LogP contribution in [-0.4, -0.2) is 83.0 Å². The van der Waals surface area contributed by atoms with Crippen LogP contribution in [-0.2, 0) is 25.6 Å². The fourth-order valence-corrected chi connectivity index (χ4v) is 4.17. The molecule has 0 saturated heterocycles. The number of benzene rings is 1. The Morgan fingerprint density at radius 2 is 1.82 bits per heavy atom. The molecule has 0 fully saturated rings. The van der Waals surface area contributed by atoms with Gasteiger partial charge < -0.3 is 43.2 Å². The van der Waals surface area contributed by atoms with Crippen LogP contribution in [0.1, 0.15) is 24.8 Å². The van der Waals surface area contributed by atoms with E-state index in [-0.39, 0.29) is 31.9 Å². The van der Waals surface area contributed by atoms with E-state index in [1.54, 1.807) is 18.0 Å². The average molecular weight is 549 g/mol. The van der Waals surface area contributed by atoms with Crippen LogP contribution in [0.25, 0.3) is 10.9 Å². The van der Waals surface area contributed by atoms with Gasteiger partial charge in [0.2, 0.25) is 17.7 Å². The predicted molar refractivity (Wildman–Crippen MR) is 147 cm³/mol. The third-order valence-electron chi connectivity index (χ3n) is 5.70. The van der Waals surface area contributed by atoms with Gasteiger partial charge in [-0.1, -0.05) is 18.2 Å². The lowest BCUT2D eigenvalue weighted by Gasteiger charge is -2.22. The maximum atomic E-state index is 13.1. The molecule has 3 atom stereocenters. The van der Waals surface area contributed by atoms with Gasteiger partial charge in [0.15, 0.2) is 5.96 Å². The third-order valence-corrected chi connectivity index (χ3v) is 6.35. The first-order valence-corrected chi connectivity index (χ1v) is 13.5. The fourth-order valence-electron chi connectivity index (χ4n) is 3.68. The molecule has 0 bridgehead atoms. The average Bonchev–Trinajstić information content (AvgIpc) is 3.29. The van der Waals surface area contributed by atoms with Crippen molar-refractivity contribution >= 4 is 52.3 Å². The number of aliphatic carboxylic acids is 1. The summed E-state index contributed by atoms with van der Waals surface area (Å²) in [5, 5.41) is 18.1. The summed E-state index contributed by atoms with van der Waals surface area (Å²) in [6.07, 6.45) is 4.55. The molecule has 2 aromatic rings. The number of nitrogens with zero attached hydrogens (tertiary/aromatic N) is 1. The number of fused-ring (bicyclic) bond motifs is 1. The molecular weight excluding hydrogens is 512 g/mol. The lowest BCUT2D eigenvalue weighted by atomic mass is 10.0. The van der Waals surface area contributed by atoms with Gasteiger partial charge in [0.25, 0.3) is 0 Å². The highest BCUT2D eigenvalue weighted by molar-refractivity contribution is 7.98.